The number of esters is 1. The van der Waals surface area contributed by atoms with Crippen molar-refractivity contribution in [2.24, 2.45) is 0 Å². The number of carbonyl (C=O) groups excluding carboxylic acids is 2. The molecule has 0 aliphatic carbocycles. The summed E-state index contributed by atoms with van der Waals surface area (Å²) in [4.78, 5) is 25.3. The number of thiophene rings is 1. The second kappa shape index (κ2) is 10.0. The maximum absolute atomic E-state index is 12.8. The highest BCUT2D eigenvalue weighted by atomic mass is 32.2. The third kappa shape index (κ3) is 5.43. The Balaban J connectivity index is 1.34. The monoisotopic (exact) mass is 487 g/mol. The Kier molecular flexibility index (Phi) is 7.11. The molecule has 2 heterocycles. The summed E-state index contributed by atoms with van der Waals surface area (Å²) in [7, 11) is -1.93. The van der Waals surface area contributed by atoms with Crippen LogP contribution in [0.1, 0.15) is 34.5 Å². The van der Waals surface area contributed by atoms with Gasteiger partial charge in [-0.05, 0) is 53.9 Å². The molecule has 2 aromatic carbocycles. The Morgan fingerprint density at radius 2 is 1.70 bits per heavy atom. The number of Topliss-reactive ketones (excluding diaryl/α,β-unsaturated/α-hetero) is 1. The zero-order valence-electron chi connectivity index (χ0n) is 18.3. The molecule has 1 saturated heterocycles. The number of piperidine rings is 1. The van der Waals surface area contributed by atoms with Crippen LogP contribution in [0.15, 0.2) is 52.7 Å². The highest BCUT2D eigenvalue weighted by Crippen LogP contribution is 2.27. The standard InChI is InChI=1S/C24H25NO6S2/c1-30-20-8-7-17-13-19(6-5-18(17)14-20)22(26)16-31-23(27)15-21-9-10-24(32-21)33(28,29)25-11-3-2-4-12-25/h5-10,13-14H,2-4,11-12,15-16H2,1H3. The number of methoxy groups -OCH3 is 1. The van der Waals surface area contributed by atoms with Crippen LogP contribution in [0.2, 0.25) is 0 Å². The van der Waals surface area contributed by atoms with Crippen molar-refractivity contribution in [1.29, 1.82) is 0 Å². The van der Waals surface area contributed by atoms with Crippen LogP contribution in [0.3, 0.4) is 0 Å². The van der Waals surface area contributed by atoms with Crippen molar-refractivity contribution in [2.45, 2.75) is 29.9 Å². The van der Waals surface area contributed by atoms with E-state index in [4.69, 9.17) is 9.47 Å². The summed E-state index contributed by atoms with van der Waals surface area (Å²) in [5, 5.41) is 1.82. The summed E-state index contributed by atoms with van der Waals surface area (Å²) < 4.78 is 37.6. The fourth-order valence-corrected chi connectivity index (χ4v) is 6.78. The minimum Gasteiger partial charge on any atom is -0.497 e. The van der Waals surface area contributed by atoms with Gasteiger partial charge in [-0.2, -0.15) is 4.31 Å². The van der Waals surface area contributed by atoms with E-state index in [-0.39, 0.29) is 23.0 Å². The molecule has 0 radical (unpaired) electrons. The predicted molar refractivity (Wildman–Crippen MR) is 126 cm³/mol. The fraction of sp³-hybridized carbons (Fsp3) is 0.333. The Morgan fingerprint density at radius 1 is 0.970 bits per heavy atom. The summed E-state index contributed by atoms with van der Waals surface area (Å²) in [5.74, 6) is -0.144. The lowest BCUT2D eigenvalue weighted by molar-refractivity contribution is -0.141. The van der Waals surface area contributed by atoms with E-state index in [1.807, 2.05) is 24.3 Å². The Hall–Kier alpha value is -2.75. The molecule has 3 aromatic rings. The Bertz CT molecular complexity index is 1280. The van der Waals surface area contributed by atoms with Crippen molar-refractivity contribution in [1.82, 2.24) is 4.31 Å². The molecule has 1 aromatic heterocycles. The van der Waals surface area contributed by atoms with E-state index in [1.54, 1.807) is 25.3 Å². The lowest BCUT2D eigenvalue weighted by Crippen LogP contribution is -2.35. The lowest BCUT2D eigenvalue weighted by Gasteiger charge is -2.25. The molecule has 0 saturated carbocycles. The molecule has 0 spiro atoms. The SMILES string of the molecule is COc1ccc2cc(C(=O)COC(=O)Cc3ccc(S(=O)(=O)N4CCCCC4)s3)ccc2c1. The van der Waals surface area contributed by atoms with Gasteiger partial charge in [-0.15, -0.1) is 11.3 Å². The number of ketones is 1. The summed E-state index contributed by atoms with van der Waals surface area (Å²) in [5.41, 5.74) is 0.450. The number of sulfonamides is 1. The van der Waals surface area contributed by atoms with Crippen molar-refractivity contribution in [3.63, 3.8) is 0 Å². The van der Waals surface area contributed by atoms with Crippen LogP contribution in [-0.4, -0.2) is 51.3 Å². The number of benzene rings is 2. The molecule has 0 unspecified atom stereocenters. The summed E-state index contributed by atoms with van der Waals surface area (Å²) in [6, 6.07) is 14.0. The van der Waals surface area contributed by atoms with E-state index in [0.29, 0.717) is 23.5 Å². The molecule has 0 atom stereocenters. The number of nitrogens with zero attached hydrogens (tertiary/aromatic N) is 1. The highest BCUT2D eigenvalue weighted by Gasteiger charge is 2.27. The first-order valence-corrected chi connectivity index (χ1v) is 13.0. The molecule has 7 nitrogen and oxygen atoms in total. The van der Waals surface area contributed by atoms with Crippen molar-refractivity contribution < 1.29 is 27.5 Å². The number of hydrogen-bond donors (Lipinski definition) is 0. The summed E-state index contributed by atoms with van der Waals surface area (Å²) >= 11 is 1.07. The quantitative estimate of drug-likeness (QED) is 0.352. The second-order valence-electron chi connectivity index (χ2n) is 7.87. The largest absolute Gasteiger partial charge is 0.497 e. The molecular weight excluding hydrogens is 462 g/mol. The van der Waals surface area contributed by atoms with Gasteiger partial charge in [0.25, 0.3) is 10.0 Å². The molecule has 1 fully saturated rings. The number of carbonyl (C=O) groups is 2. The van der Waals surface area contributed by atoms with Gasteiger partial charge in [-0.3, -0.25) is 9.59 Å². The van der Waals surface area contributed by atoms with Crippen LogP contribution in [0.4, 0.5) is 0 Å². The van der Waals surface area contributed by atoms with E-state index in [1.165, 1.54) is 10.4 Å². The van der Waals surface area contributed by atoms with Crippen molar-refractivity contribution in [2.75, 3.05) is 26.8 Å². The van der Waals surface area contributed by atoms with Gasteiger partial charge >= 0.3 is 5.97 Å². The van der Waals surface area contributed by atoms with Crippen LogP contribution in [-0.2, 0) is 26.0 Å². The molecular formula is C24H25NO6S2. The van der Waals surface area contributed by atoms with Gasteiger partial charge in [-0.1, -0.05) is 24.6 Å². The van der Waals surface area contributed by atoms with E-state index in [9.17, 15) is 18.0 Å². The number of hydrogen-bond acceptors (Lipinski definition) is 7. The summed E-state index contributed by atoms with van der Waals surface area (Å²) in [6.45, 7) is 0.689. The van der Waals surface area contributed by atoms with Crippen molar-refractivity contribution in [3.8, 4) is 5.75 Å². The average molecular weight is 488 g/mol. The maximum atomic E-state index is 12.8. The van der Waals surface area contributed by atoms with Crippen molar-refractivity contribution >= 4 is 43.9 Å². The zero-order valence-corrected chi connectivity index (χ0v) is 19.9. The number of fused-ring (bicyclic) bond motifs is 1. The molecule has 0 bridgehead atoms. The van der Waals surface area contributed by atoms with Crippen LogP contribution in [0.5, 0.6) is 5.75 Å². The minimum absolute atomic E-state index is 0.0784. The van der Waals surface area contributed by atoms with Gasteiger partial charge < -0.3 is 9.47 Å². The normalized spacial score (nSPS) is 14.8. The molecule has 1 aliphatic heterocycles. The molecule has 9 heteroatoms. The molecule has 0 N–H and O–H groups in total. The topological polar surface area (TPSA) is 90.0 Å². The van der Waals surface area contributed by atoms with Gasteiger partial charge in [0.2, 0.25) is 0 Å². The average Bonchev–Trinajstić information content (AvgIpc) is 3.31. The first kappa shape index (κ1) is 23.4. The highest BCUT2D eigenvalue weighted by molar-refractivity contribution is 7.91. The smallest absolute Gasteiger partial charge is 0.311 e. The first-order valence-electron chi connectivity index (χ1n) is 10.7. The molecule has 4 rings (SSSR count). The number of rotatable bonds is 8. The van der Waals surface area contributed by atoms with Crippen LogP contribution in [0, 0.1) is 0 Å². The molecule has 33 heavy (non-hydrogen) atoms. The van der Waals surface area contributed by atoms with Crippen LogP contribution in [0.25, 0.3) is 10.8 Å². The van der Waals surface area contributed by atoms with Gasteiger partial charge in [-0.25, -0.2) is 8.42 Å². The third-order valence-electron chi connectivity index (χ3n) is 5.60. The Morgan fingerprint density at radius 3 is 2.45 bits per heavy atom. The van der Waals surface area contributed by atoms with Gasteiger partial charge in [0, 0.05) is 23.5 Å². The van der Waals surface area contributed by atoms with Crippen molar-refractivity contribution in [3.05, 3.63) is 59.0 Å². The number of ether oxygens (including phenoxy) is 2. The lowest BCUT2D eigenvalue weighted by atomic mass is 10.0. The third-order valence-corrected chi connectivity index (χ3v) is 9.05. The van der Waals surface area contributed by atoms with Gasteiger partial charge in [0.1, 0.15) is 9.96 Å². The molecule has 1 aliphatic rings. The van der Waals surface area contributed by atoms with E-state index in [2.05, 4.69) is 0 Å². The fourth-order valence-electron chi connectivity index (χ4n) is 3.77. The van der Waals surface area contributed by atoms with Gasteiger partial charge in [0.15, 0.2) is 12.4 Å². The first-order chi connectivity index (χ1) is 15.9. The maximum Gasteiger partial charge on any atom is 0.311 e. The molecule has 0 amide bonds. The van der Waals surface area contributed by atoms with E-state index >= 15 is 0 Å². The molecule has 174 valence electrons. The zero-order chi connectivity index (χ0) is 23.4. The van der Waals surface area contributed by atoms with E-state index < -0.39 is 16.0 Å². The predicted octanol–water partition coefficient (Wildman–Crippen LogP) is 4.05. The Labute approximate surface area is 197 Å². The second-order valence-corrected chi connectivity index (χ2v) is 11.2. The van der Waals surface area contributed by atoms with Gasteiger partial charge in [0.05, 0.1) is 13.5 Å². The van der Waals surface area contributed by atoms with Crippen LogP contribution < -0.4 is 4.74 Å². The van der Waals surface area contributed by atoms with Crippen LogP contribution >= 0.6 is 11.3 Å². The van der Waals surface area contributed by atoms with E-state index in [0.717, 1.165) is 47.1 Å². The minimum atomic E-state index is -3.52. The summed E-state index contributed by atoms with van der Waals surface area (Å²) in [6.07, 6.45) is 2.69.